The Balaban J connectivity index is 1.79. The molecule has 2 aromatic heterocycles. The van der Waals surface area contributed by atoms with E-state index < -0.39 is 0 Å². The number of nitrogens with zero attached hydrogens (tertiary/aromatic N) is 3. The van der Waals surface area contributed by atoms with Gasteiger partial charge in [-0.2, -0.15) is 11.8 Å². The first kappa shape index (κ1) is 15.0. The second kappa shape index (κ2) is 6.87. The lowest BCUT2D eigenvalue weighted by Crippen LogP contribution is -2.39. The lowest BCUT2D eigenvalue weighted by molar-refractivity contribution is -0.130. The van der Waals surface area contributed by atoms with E-state index in [1.54, 1.807) is 18.0 Å². The van der Waals surface area contributed by atoms with Gasteiger partial charge in [0, 0.05) is 24.2 Å². The number of carbonyl (C=O) groups is 1. The fraction of sp³-hybridized carbons (Fsp3) is 0.375. The predicted molar refractivity (Wildman–Crippen MR) is 86.9 cm³/mol. The molecule has 3 heterocycles. The molecule has 0 spiro atoms. The van der Waals surface area contributed by atoms with Gasteiger partial charge in [-0.15, -0.1) is 0 Å². The molecule has 0 saturated carbocycles. The van der Waals surface area contributed by atoms with E-state index in [0.717, 1.165) is 12.2 Å². The average Bonchev–Trinajstić information content (AvgIpc) is 2.87. The van der Waals surface area contributed by atoms with Gasteiger partial charge in [-0.05, 0) is 24.5 Å². The van der Waals surface area contributed by atoms with Crippen LogP contribution in [0.2, 0.25) is 0 Å². The summed E-state index contributed by atoms with van der Waals surface area (Å²) in [6.07, 6.45) is 5.59. The van der Waals surface area contributed by atoms with Gasteiger partial charge in [0.25, 0.3) is 0 Å². The Kier molecular flexibility index (Phi) is 4.68. The normalized spacial score (nSPS) is 17.7. The van der Waals surface area contributed by atoms with Crippen molar-refractivity contribution in [3.05, 3.63) is 48.4 Å². The van der Waals surface area contributed by atoms with Crippen LogP contribution in [0.3, 0.4) is 0 Å². The minimum atomic E-state index is -0.102. The maximum Gasteiger partial charge on any atom is 0.233 e. The van der Waals surface area contributed by atoms with E-state index in [4.69, 9.17) is 4.74 Å². The van der Waals surface area contributed by atoms with Crippen LogP contribution in [0.15, 0.2) is 42.7 Å². The van der Waals surface area contributed by atoms with E-state index in [1.807, 2.05) is 41.6 Å². The lowest BCUT2D eigenvalue weighted by atomic mass is 10.3. The first-order chi connectivity index (χ1) is 10.8. The van der Waals surface area contributed by atoms with E-state index in [1.165, 1.54) is 0 Å². The van der Waals surface area contributed by atoms with Crippen molar-refractivity contribution in [2.24, 2.45) is 0 Å². The van der Waals surface area contributed by atoms with Gasteiger partial charge in [0.1, 0.15) is 6.10 Å². The predicted octanol–water partition coefficient (Wildman–Crippen LogP) is 2.04. The maximum atomic E-state index is 12.3. The molecule has 0 radical (unpaired) electrons. The van der Waals surface area contributed by atoms with Gasteiger partial charge in [-0.1, -0.05) is 6.07 Å². The molecule has 0 aromatic carbocycles. The van der Waals surface area contributed by atoms with Crippen molar-refractivity contribution in [3.8, 4) is 5.88 Å². The number of pyridine rings is 1. The lowest BCUT2D eigenvalue weighted by Gasteiger charge is -2.24. The quantitative estimate of drug-likeness (QED) is 0.866. The first-order valence-corrected chi connectivity index (χ1v) is 8.64. The molecule has 3 rings (SSSR count). The summed E-state index contributed by atoms with van der Waals surface area (Å²) in [7, 11) is 0. The molecule has 1 aliphatic rings. The Morgan fingerprint density at radius 3 is 3.05 bits per heavy atom. The Hall–Kier alpha value is -1.95. The molecule has 0 saturated heterocycles. The largest absolute Gasteiger partial charge is 0.471 e. The van der Waals surface area contributed by atoms with Gasteiger partial charge >= 0.3 is 0 Å². The van der Waals surface area contributed by atoms with Crippen molar-refractivity contribution >= 4 is 17.7 Å². The number of amides is 1. The highest BCUT2D eigenvalue weighted by atomic mass is 32.2. The van der Waals surface area contributed by atoms with E-state index in [2.05, 4.69) is 15.6 Å². The van der Waals surface area contributed by atoms with Crippen LogP contribution in [0.25, 0.3) is 0 Å². The fourth-order valence-electron chi connectivity index (χ4n) is 2.62. The number of rotatable bonds is 4. The van der Waals surface area contributed by atoms with E-state index in [0.29, 0.717) is 24.7 Å². The SMILES string of the molecule is CSCC(=O)N1Cc2cccn2C[C@@H](Oc2ccccn2)C1. The zero-order chi connectivity index (χ0) is 15.4. The molecule has 0 bridgehead atoms. The summed E-state index contributed by atoms with van der Waals surface area (Å²) in [6.45, 7) is 1.94. The monoisotopic (exact) mass is 317 g/mol. The van der Waals surface area contributed by atoms with Crippen molar-refractivity contribution in [1.29, 1.82) is 0 Å². The van der Waals surface area contributed by atoms with Crippen molar-refractivity contribution < 1.29 is 9.53 Å². The number of ether oxygens (including phenoxy) is 1. The van der Waals surface area contributed by atoms with Gasteiger partial charge < -0.3 is 14.2 Å². The third kappa shape index (κ3) is 3.44. The number of hydrogen-bond donors (Lipinski definition) is 0. The third-order valence-electron chi connectivity index (χ3n) is 3.65. The van der Waals surface area contributed by atoms with E-state index in [9.17, 15) is 4.79 Å². The molecule has 0 fully saturated rings. The number of thioether (sulfide) groups is 1. The van der Waals surface area contributed by atoms with Gasteiger partial charge in [-0.3, -0.25) is 4.79 Å². The molecule has 6 heteroatoms. The molecule has 0 N–H and O–H groups in total. The highest BCUT2D eigenvalue weighted by Gasteiger charge is 2.25. The highest BCUT2D eigenvalue weighted by Crippen LogP contribution is 2.18. The molecular formula is C16H19N3O2S. The number of aromatic nitrogens is 2. The Morgan fingerprint density at radius 1 is 1.36 bits per heavy atom. The van der Waals surface area contributed by atoms with Crippen molar-refractivity contribution in [3.63, 3.8) is 0 Å². The van der Waals surface area contributed by atoms with Crippen molar-refractivity contribution in [2.45, 2.75) is 19.2 Å². The molecule has 2 aromatic rings. The van der Waals surface area contributed by atoms with Crippen LogP contribution in [-0.2, 0) is 17.9 Å². The topological polar surface area (TPSA) is 47.4 Å². The molecule has 1 aliphatic heterocycles. The summed E-state index contributed by atoms with van der Waals surface area (Å²) in [5.74, 6) is 1.24. The van der Waals surface area contributed by atoms with Crippen LogP contribution in [0, 0.1) is 0 Å². The maximum absolute atomic E-state index is 12.3. The van der Waals surface area contributed by atoms with E-state index >= 15 is 0 Å². The molecule has 0 unspecified atom stereocenters. The smallest absolute Gasteiger partial charge is 0.233 e. The van der Waals surface area contributed by atoms with Gasteiger partial charge in [0.05, 0.1) is 25.4 Å². The van der Waals surface area contributed by atoms with Crippen LogP contribution in [-0.4, -0.2) is 45.0 Å². The van der Waals surface area contributed by atoms with Crippen LogP contribution in [0.1, 0.15) is 5.69 Å². The average molecular weight is 317 g/mol. The summed E-state index contributed by atoms with van der Waals surface area (Å²) in [5, 5.41) is 0. The van der Waals surface area contributed by atoms with Crippen molar-refractivity contribution in [2.75, 3.05) is 18.6 Å². The summed E-state index contributed by atoms with van der Waals surface area (Å²) in [6, 6.07) is 9.67. The molecule has 5 nitrogen and oxygen atoms in total. The zero-order valence-corrected chi connectivity index (χ0v) is 13.3. The zero-order valence-electron chi connectivity index (χ0n) is 12.5. The van der Waals surface area contributed by atoms with Crippen LogP contribution >= 0.6 is 11.8 Å². The Morgan fingerprint density at radius 2 is 2.27 bits per heavy atom. The number of hydrogen-bond acceptors (Lipinski definition) is 4. The molecule has 22 heavy (non-hydrogen) atoms. The first-order valence-electron chi connectivity index (χ1n) is 7.24. The van der Waals surface area contributed by atoms with Gasteiger partial charge in [0.15, 0.2) is 0 Å². The van der Waals surface area contributed by atoms with E-state index in [-0.39, 0.29) is 12.0 Å². The summed E-state index contributed by atoms with van der Waals surface area (Å²) in [4.78, 5) is 18.4. The summed E-state index contributed by atoms with van der Waals surface area (Å²) in [5.41, 5.74) is 1.14. The van der Waals surface area contributed by atoms with Gasteiger partial charge in [-0.25, -0.2) is 4.98 Å². The highest BCUT2D eigenvalue weighted by molar-refractivity contribution is 7.99. The minimum Gasteiger partial charge on any atom is -0.471 e. The van der Waals surface area contributed by atoms with Crippen molar-refractivity contribution in [1.82, 2.24) is 14.5 Å². The van der Waals surface area contributed by atoms with Crippen LogP contribution < -0.4 is 4.74 Å². The summed E-state index contributed by atoms with van der Waals surface area (Å²) < 4.78 is 8.14. The Labute approximate surface area is 134 Å². The molecule has 0 aliphatic carbocycles. The second-order valence-electron chi connectivity index (χ2n) is 5.27. The standard InChI is InChI=1S/C16H19N3O2S/c1-22-12-16(20)19-9-13-5-4-8-18(13)10-14(11-19)21-15-6-2-3-7-17-15/h2-8,14H,9-12H2,1H3/t14-/m1/s1. The molecule has 1 atom stereocenters. The number of fused-ring (bicyclic) bond motifs is 1. The minimum absolute atomic E-state index is 0.102. The number of carbonyl (C=O) groups excluding carboxylic acids is 1. The van der Waals surface area contributed by atoms with Crippen LogP contribution in [0.4, 0.5) is 0 Å². The third-order valence-corrected chi connectivity index (χ3v) is 4.18. The van der Waals surface area contributed by atoms with Crippen LogP contribution in [0.5, 0.6) is 5.88 Å². The molecule has 116 valence electrons. The fourth-order valence-corrected chi connectivity index (χ4v) is 3.05. The van der Waals surface area contributed by atoms with Gasteiger partial charge in [0.2, 0.25) is 11.8 Å². The molecular weight excluding hydrogens is 298 g/mol. The molecule has 1 amide bonds. The summed E-state index contributed by atoms with van der Waals surface area (Å²) >= 11 is 1.55. The second-order valence-corrected chi connectivity index (χ2v) is 6.13. The Bertz CT molecular complexity index is 629.